The van der Waals surface area contributed by atoms with Crippen molar-refractivity contribution in [3.05, 3.63) is 33.8 Å². The summed E-state index contributed by atoms with van der Waals surface area (Å²) in [6.07, 6.45) is 0.868. The third kappa shape index (κ3) is 2.53. The molecule has 2 aromatic rings. The summed E-state index contributed by atoms with van der Waals surface area (Å²) < 4.78 is 7.29. The second-order valence-corrected chi connectivity index (χ2v) is 4.73. The van der Waals surface area contributed by atoms with Gasteiger partial charge in [-0.3, -0.25) is 4.68 Å². The van der Waals surface area contributed by atoms with Crippen LogP contribution in [0.15, 0.2) is 17.5 Å². The number of hydrogen-bond donors (Lipinski definition) is 1. The molecule has 96 valence electrons. The van der Waals surface area contributed by atoms with E-state index in [9.17, 15) is 4.79 Å². The van der Waals surface area contributed by atoms with Crippen molar-refractivity contribution in [2.45, 2.75) is 20.0 Å². The summed E-state index contributed by atoms with van der Waals surface area (Å²) in [5, 5.41) is 15.0. The van der Waals surface area contributed by atoms with Crippen LogP contribution in [0.5, 0.6) is 5.75 Å². The van der Waals surface area contributed by atoms with Gasteiger partial charge in [0.1, 0.15) is 12.4 Å². The molecule has 0 saturated carbocycles. The van der Waals surface area contributed by atoms with E-state index >= 15 is 0 Å². The Balaban J connectivity index is 2.09. The first-order valence-corrected chi connectivity index (χ1v) is 6.45. The molecule has 0 spiro atoms. The summed E-state index contributed by atoms with van der Waals surface area (Å²) in [5.74, 6) is -0.550. The zero-order chi connectivity index (χ0) is 13.1. The van der Waals surface area contributed by atoms with E-state index in [1.807, 2.05) is 20.0 Å². The quantitative estimate of drug-likeness (QED) is 0.902. The lowest BCUT2D eigenvalue weighted by atomic mass is 10.3. The molecule has 18 heavy (non-hydrogen) atoms. The molecular weight excluding hydrogens is 252 g/mol. The maximum absolute atomic E-state index is 10.9. The highest BCUT2D eigenvalue weighted by Crippen LogP contribution is 2.25. The number of aryl methyl sites for hydroxylation is 2. The lowest BCUT2D eigenvalue weighted by Crippen LogP contribution is -2.04. The van der Waals surface area contributed by atoms with Gasteiger partial charge >= 0.3 is 5.97 Å². The lowest BCUT2D eigenvalue weighted by Gasteiger charge is -2.05. The van der Waals surface area contributed by atoms with Crippen molar-refractivity contribution < 1.29 is 14.6 Å². The van der Waals surface area contributed by atoms with Gasteiger partial charge in [-0.2, -0.15) is 5.10 Å². The fourth-order valence-electron chi connectivity index (χ4n) is 1.60. The number of nitrogens with zero attached hydrogens (tertiary/aromatic N) is 2. The van der Waals surface area contributed by atoms with Crippen molar-refractivity contribution in [3.8, 4) is 5.75 Å². The Labute approximate surface area is 109 Å². The van der Waals surface area contributed by atoms with Crippen molar-refractivity contribution in [2.75, 3.05) is 0 Å². The van der Waals surface area contributed by atoms with Gasteiger partial charge in [0, 0.05) is 7.05 Å². The van der Waals surface area contributed by atoms with Gasteiger partial charge in [0.2, 0.25) is 0 Å². The van der Waals surface area contributed by atoms with Crippen LogP contribution in [0.4, 0.5) is 0 Å². The minimum Gasteiger partial charge on any atom is -0.486 e. The molecule has 1 N–H and O–H groups in total. The van der Waals surface area contributed by atoms with Gasteiger partial charge < -0.3 is 9.84 Å². The molecule has 2 aromatic heterocycles. The number of carboxylic acid groups (broad SMARTS) is 1. The van der Waals surface area contributed by atoms with E-state index in [0.717, 1.165) is 29.1 Å². The number of carbonyl (C=O) groups is 1. The minimum absolute atomic E-state index is 0.230. The highest BCUT2D eigenvalue weighted by Gasteiger charge is 2.13. The number of thiophene rings is 1. The van der Waals surface area contributed by atoms with E-state index in [1.165, 1.54) is 0 Å². The molecule has 0 aliphatic heterocycles. The van der Waals surface area contributed by atoms with Crippen molar-refractivity contribution in [1.82, 2.24) is 9.78 Å². The van der Waals surface area contributed by atoms with Crippen LogP contribution in [-0.2, 0) is 20.1 Å². The fraction of sp³-hybridized carbons (Fsp3) is 0.333. The van der Waals surface area contributed by atoms with Crippen molar-refractivity contribution in [1.29, 1.82) is 0 Å². The summed E-state index contributed by atoms with van der Waals surface area (Å²) in [6, 6.07) is 3.64. The largest absolute Gasteiger partial charge is 0.486 e. The summed E-state index contributed by atoms with van der Waals surface area (Å²) >= 11 is 1.16. The van der Waals surface area contributed by atoms with E-state index < -0.39 is 5.97 Å². The van der Waals surface area contributed by atoms with Crippen molar-refractivity contribution in [2.24, 2.45) is 7.05 Å². The van der Waals surface area contributed by atoms with Gasteiger partial charge in [0.25, 0.3) is 0 Å². The van der Waals surface area contributed by atoms with Crippen LogP contribution in [0.1, 0.15) is 28.0 Å². The molecule has 0 aliphatic carbocycles. The Hall–Kier alpha value is -1.82. The number of rotatable bonds is 5. The highest BCUT2D eigenvalue weighted by molar-refractivity contribution is 7.12. The number of hydrogen-bond acceptors (Lipinski definition) is 4. The summed E-state index contributed by atoms with van der Waals surface area (Å²) in [4.78, 5) is 11.2. The van der Waals surface area contributed by atoms with Crippen LogP contribution < -0.4 is 4.74 Å². The molecule has 6 heteroatoms. The van der Waals surface area contributed by atoms with Crippen LogP contribution in [0.25, 0.3) is 0 Å². The fourth-order valence-corrected chi connectivity index (χ4v) is 2.27. The van der Waals surface area contributed by atoms with E-state index in [1.54, 1.807) is 16.1 Å². The second kappa shape index (κ2) is 5.22. The summed E-state index contributed by atoms with van der Waals surface area (Å²) in [7, 11) is 1.85. The number of aromatic carboxylic acids is 1. The predicted molar refractivity (Wildman–Crippen MR) is 68.2 cm³/mol. The first-order chi connectivity index (χ1) is 8.61. The molecule has 5 nitrogen and oxygen atoms in total. The predicted octanol–water partition coefficient (Wildman–Crippen LogP) is 2.32. The third-order valence-corrected chi connectivity index (χ3v) is 3.47. The van der Waals surface area contributed by atoms with E-state index in [0.29, 0.717) is 12.4 Å². The van der Waals surface area contributed by atoms with Gasteiger partial charge in [-0.1, -0.05) is 6.92 Å². The van der Waals surface area contributed by atoms with Crippen LogP contribution in [0.2, 0.25) is 0 Å². The Morgan fingerprint density at radius 3 is 3.00 bits per heavy atom. The molecule has 0 unspecified atom stereocenters. The average molecular weight is 266 g/mol. The minimum atomic E-state index is -0.959. The third-order valence-electron chi connectivity index (χ3n) is 2.59. The second-order valence-electron chi connectivity index (χ2n) is 3.81. The topological polar surface area (TPSA) is 64.3 Å². The van der Waals surface area contributed by atoms with Gasteiger partial charge in [0.05, 0.1) is 11.4 Å². The van der Waals surface area contributed by atoms with Crippen molar-refractivity contribution >= 4 is 17.3 Å². The molecule has 0 atom stereocenters. The van der Waals surface area contributed by atoms with Crippen LogP contribution >= 0.6 is 11.3 Å². The Morgan fingerprint density at radius 2 is 2.39 bits per heavy atom. The van der Waals surface area contributed by atoms with Gasteiger partial charge in [-0.05, 0) is 23.9 Å². The van der Waals surface area contributed by atoms with E-state index in [2.05, 4.69) is 5.10 Å². The molecule has 2 heterocycles. The Bertz CT molecular complexity index is 559. The molecule has 0 fully saturated rings. The van der Waals surface area contributed by atoms with Gasteiger partial charge in [-0.15, -0.1) is 11.3 Å². The van der Waals surface area contributed by atoms with E-state index in [-0.39, 0.29) is 4.88 Å². The van der Waals surface area contributed by atoms with E-state index in [4.69, 9.17) is 9.84 Å². The van der Waals surface area contributed by atoms with Crippen LogP contribution in [0, 0.1) is 0 Å². The monoisotopic (exact) mass is 266 g/mol. The Morgan fingerprint density at radius 1 is 1.61 bits per heavy atom. The lowest BCUT2D eigenvalue weighted by molar-refractivity contribution is 0.0697. The van der Waals surface area contributed by atoms with Crippen LogP contribution in [-0.4, -0.2) is 20.9 Å². The van der Waals surface area contributed by atoms with Crippen LogP contribution in [0.3, 0.4) is 0 Å². The van der Waals surface area contributed by atoms with Gasteiger partial charge in [-0.25, -0.2) is 4.79 Å². The molecule has 0 radical (unpaired) electrons. The SMILES string of the molecule is CCc1cc(COc2ccsc2C(=O)O)n(C)n1. The standard InChI is InChI=1S/C12H14N2O3S/c1-3-8-6-9(14(2)13-8)7-17-10-4-5-18-11(10)12(15)16/h4-6H,3,7H2,1-2H3,(H,15,16). The normalized spacial score (nSPS) is 10.6. The number of ether oxygens (including phenoxy) is 1. The highest BCUT2D eigenvalue weighted by atomic mass is 32.1. The summed E-state index contributed by atoms with van der Waals surface area (Å²) in [5.41, 5.74) is 1.93. The molecule has 0 bridgehead atoms. The molecule has 0 aromatic carbocycles. The first kappa shape index (κ1) is 12.6. The zero-order valence-corrected chi connectivity index (χ0v) is 11.0. The molecule has 0 saturated heterocycles. The molecular formula is C12H14N2O3S. The maximum Gasteiger partial charge on any atom is 0.349 e. The average Bonchev–Trinajstić information content (AvgIpc) is 2.92. The molecule has 0 aliphatic rings. The number of aromatic nitrogens is 2. The first-order valence-electron chi connectivity index (χ1n) is 5.57. The smallest absolute Gasteiger partial charge is 0.349 e. The summed E-state index contributed by atoms with van der Waals surface area (Å²) in [6.45, 7) is 2.36. The van der Waals surface area contributed by atoms with Crippen molar-refractivity contribution in [3.63, 3.8) is 0 Å². The molecule has 2 rings (SSSR count). The Kier molecular flexibility index (Phi) is 3.66. The maximum atomic E-state index is 10.9. The number of carboxylic acids is 1. The zero-order valence-electron chi connectivity index (χ0n) is 10.2. The van der Waals surface area contributed by atoms with Gasteiger partial charge in [0.15, 0.2) is 4.88 Å². The molecule has 0 amide bonds.